The number of benzene rings is 1. The maximum absolute atomic E-state index is 12.8. The molecule has 0 aliphatic heterocycles. The van der Waals surface area contributed by atoms with Gasteiger partial charge in [-0.2, -0.15) is 0 Å². The maximum atomic E-state index is 12.8. The Morgan fingerprint density at radius 2 is 2.00 bits per heavy atom. The molecule has 3 aromatic rings. The second-order valence-corrected chi connectivity index (χ2v) is 9.07. The molecule has 1 saturated carbocycles. The number of hydrogen-bond donors (Lipinski definition) is 2. The number of aromatic nitrogens is 2. The molecule has 2 aromatic heterocycles. The molecule has 2 amide bonds. The van der Waals surface area contributed by atoms with Gasteiger partial charge in [0.1, 0.15) is 5.82 Å². The van der Waals surface area contributed by atoms with Gasteiger partial charge in [-0.25, -0.2) is 9.97 Å². The minimum atomic E-state index is -0.328. The van der Waals surface area contributed by atoms with Crippen LogP contribution in [-0.4, -0.2) is 21.8 Å². The molecule has 1 fully saturated rings. The van der Waals surface area contributed by atoms with E-state index in [2.05, 4.69) is 40.2 Å². The van der Waals surface area contributed by atoms with Gasteiger partial charge in [-0.05, 0) is 60.9 Å². The van der Waals surface area contributed by atoms with Gasteiger partial charge in [0, 0.05) is 22.8 Å². The van der Waals surface area contributed by atoms with Gasteiger partial charge in [0.25, 0.3) is 0 Å². The van der Waals surface area contributed by atoms with E-state index in [1.54, 1.807) is 12.4 Å². The molecule has 0 spiro atoms. The topological polar surface area (TPSA) is 84.0 Å². The van der Waals surface area contributed by atoms with Crippen LogP contribution in [0.4, 0.5) is 10.9 Å². The molecule has 0 bridgehead atoms. The van der Waals surface area contributed by atoms with Crippen molar-refractivity contribution in [3.05, 3.63) is 71.4 Å². The van der Waals surface area contributed by atoms with E-state index in [1.165, 1.54) is 17.4 Å². The first-order chi connectivity index (χ1) is 15.5. The van der Waals surface area contributed by atoms with Crippen molar-refractivity contribution in [2.24, 2.45) is 0 Å². The first-order valence-corrected chi connectivity index (χ1v) is 11.6. The van der Waals surface area contributed by atoms with Crippen molar-refractivity contribution < 1.29 is 9.59 Å². The smallest absolute Gasteiger partial charge is 0.248 e. The molecule has 4 rings (SSSR count). The third kappa shape index (κ3) is 4.94. The van der Waals surface area contributed by atoms with E-state index in [1.807, 2.05) is 31.2 Å². The van der Waals surface area contributed by atoms with Gasteiger partial charge in [0.2, 0.25) is 11.8 Å². The summed E-state index contributed by atoms with van der Waals surface area (Å²) in [6.45, 7) is 7.47. The van der Waals surface area contributed by atoms with Gasteiger partial charge in [-0.1, -0.05) is 37.8 Å². The van der Waals surface area contributed by atoms with Gasteiger partial charge in [0.15, 0.2) is 5.13 Å². The summed E-state index contributed by atoms with van der Waals surface area (Å²) in [4.78, 5) is 34.5. The highest BCUT2D eigenvalue weighted by molar-refractivity contribution is 7.15. The van der Waals surface area contributed by atoms with E-state index in [9.17, 15) is 9.59 Å². The second-order valence-electron chi connectivity index (χ2n) is 7.95. The van der Waals surface area contributed by atoms with Crippen molar-refractivity contribution in [3.63, 3.8) is 0 Å². The van der Waals surface area contributed by atoms with Crippen LogP contribution in [0.1, 0.15) is 54.5 Å². The summed E-state index contributed by atoms with van der Waals surface area (Å²) in [5, 5.41) is 6.36. The van der Waals surface area contributed by atoms with Crippen LogP contribution in [0.25, 0.3) is 11.1 Å². The van der Waals surface area contributed by atoms with Gasteiger partial charge in [-0.3, -0.25) is 9.59 Å². The molecule has 1 atom stereocenters. The lowest BCUT2D eigenvalue weighted by molar-refractivity contribution is -0.117. The fourth-order valence-corrected chi connectivity index (χ4v) is 4.25. The van der Waals surface area contributed by atoms with Crippen LogP contribution in [0.2, 0.25) is 0 Å². The summed E-state index contributed by atoms with van der Waals surface area (Å²) in [5.41, 5.74) is 3.92. The molecule has 164 valence electrons. The van der Waals surface area contributed by atoms with Crippen molar-refractivity contribution in [2.45, 2.75) is 44.9 Å². The number of nitrogens with zero attached hydrogens (tertiary/aromatic N) is 2. The highest BCUT2D eigenvalue weighted by Gasteiger charge is 2.28. The summed E-state index contributed by atoms with van der Waals surface area (Å²) in [6, 6.07) is 10.0. The summed E-state index contributed by atoms with van der Waals surface area (Å²) in [5.74, 6) is 0.339. The van der Waals surface area contributed by atoms with Crippen LogP contribution in [0.5, 0.6) is 0 Å². The predicted octanol–water partition coefficient (Wildman–Crippen LogP) is 5.51. The zero-order valence-electron chi connectivity index (χ0n) is 18.2. The van der Waals surface area contributed by atoms with Crippen molar-refractivity contribution in [1.29, 1.82) is 0 Å². The highest BCUT2D eigenvalue weighted by atomic mass is 32.1. The number of pyridine rings is 1. The zero-order chi connectivity index (χ0) is 22.7. The van der Waals surface area contributed by atoms with Gasteiger partial charge < -0.3 is 10.6 Å². The van der Waals surface area contributed by atoms with Crippen LogP contribution in [0.3, 0.4) is 0 Å². The zero-order valence-corrected chi connectivity index (χ0v) is 19.0. The molecule has 1 aromatic carbocycles. The van der Waals surface area contributed by atoms with Gasteiger partial charge in [0.05, 0.1) is 5.92 Å². The Balaban J connectivity index is 1.55. The Morgan fingerprint density at radius 1 is 1.19 bits per heavy atom. The lowest BCUT2D eigenvalue weighted by atomic mass is 9.95. The van der Waals surface area contributed by atoms with Crippen molar-refractivity contribution in [1.82, 2.24) is 9.97 Å². The number of rotatable bonds is 8. The summed E-state index contributed by atoms with van der Waals surface area (Å²) >= 11 is 1.50. The summed E-state index contributed by atoms with van der Waals surface area (Å²) in [7, 11) is 0. The average Bonchev–Trinajstić information content (AvgIpc) is 3.57. The largest absolute Gasteiger partial charge is 0.307 e. The van der Waals surface area contributed by atoms with Crippen molar-refractivity contribution >= 4 is 34.1 Å². The molecule has 0 saturated heterocycles. The lowest BCUT2D eigenvalue weighted by Gasteiger charge is -2.14. The molecule has 1 aliphatic carbocycles. The highest BCUT2D eigenvalue weighted by Crippen LogP contribution is 2.44. The molecule has 0 unspecified atom stereocenters. The van der Waals surface area contributed by atoms with Gasteiger partial charge in [-0.15, -0.1) is 11.3 Å². The molecule has 2 N–H and O–H groups in total. The van der Waals surface area contributed by atoms with E-state index >= 15 is 0 Å². The molecular formula is C25H26N4O2S. The maximum Gasteiger partial charge on any atom is 0.248 e. The quantitative estimate of drug-likeness (QED) is 0.447. The monoisotopic (exact) mass is 446 g/mol. The Hall–Kier alpha value is -3.32. The number of anilines is 2. The van der Waals surface area contributed by atoms with E-state index in [0.717, 1.165) is 46.4 Å². The fourth-order valence-electron chi connectivity index (χ4n) is 3.50. The van der Waals surface area contributed by atoms with E-state index in [4.69, 9.17) is 0 Å². The molecule has 1 aliphatic rings. The van der Waals surface area contributed by atoms with E-state index in [-0.39, 0.29) is 17.7 Å². The van der Waals surface area contributed by atoms with Crippen LogP contribution in [0, 0.1) is 0 Å². The molecule has 32 heavy (non-hydrogen) atoms. The molecule has 6 nitrogen and oxygen atoms in total. The van der Waals surface area contributed by atoms with Gasteiger partial charge >= 0.3 is 0 Å². The minimum Gasteiger partial charge on any atom is -0.307 e. The number of thiazole rings is 1. The van der Waals surface area contributed by atoms with Crippen LogP contribution < -0.4 is 10.6 Å². The Bertz CT molecular complexity index is 1170. The Morgan fingerprint density at radius 3 is 2.69 bits per heavy atom. The summed E-state index contributed by atoms with van der Waals surface area (Å²) in [6.07, 6.45) is 7.90. The summed E-state index contributed by atoms with van der Waals surface area (Å²) < 4.78 is 0. The van der Waals surface area contributed by atoms with E-state index in [0.29, 0.717) is 16.9 Å². The third-order valence-corrected chi connectivity index (χ3v) is 6.66. The second kappa shape index (κ2) is 9.44. The standard InChI is InChI=1S/C25H26N4O2S/c1-4-20-14-27-25(32-20)29-24(31)15(3)17-7-6-8-18(11-17)19-12-21(16-9-10-16)23(26-13-19)28-22(30)5-2/h5-8,11-16H,2,4,9-10H2,1,3H3,(H,26,28,30)(H,27,29,31)/t15-/m0/s1. The number of carbonyl (C=O) groups is 2. The predicted molar refractivity (Wildman–Crippen MR) is 129 cm³/mol. The molecule has 2 heterocycles. The van der Waals surface area contributed by atoms with Crippen molar-refractivity contribution in [3.8, 4) is 11.1 Å². The third-order valence-electron chi connectivity index (χ3n) is 5.61. The lowest BCUT2D eigenvalue weighted by Crippen LogP contribution is -2.18. The number of hydrogen-bond acceptors (Lipinski definition) is 5. The molecular weight excluding hydrogens is 420 g/mol. The van der Waals surface area contributed by atoms with Crippen LogP contribution in [0.15, 0.2) is 55.4 Å². The normalized spacial score (nSPS) is 13.9. The Kier molecular flexibility index (Phi) is 6.46. The molecule has 0 radical (unpaired) electrons. The number of carbonyl (C=O) groups excluding carboxylic acids is 2. The first-order valence-electron chi connectivity index (χ1n) is 10.8. The number of aryl methyl sites for hydroxylation is 1. The average molecular weight is 447 g/mol. The minimum absolute atomic E-state index is 0.0848. The fraction of sp³-hybridized carbons (Fsp3) is 0.280. The first kappa shape index (κ1) is 21.9. The SMILES string of the molecule is C=CC(=O)Nc1ncc(-c2cccc([C@H](C)C(=O)Nc3ncc(CC)s3)c2)cc1C1CC1. The van der Waals surface area contributed by atoms with Crippen molar-refractivity contribution in [2.75, 3.05) is 10.6 Å². The number of amides is 2. The number of nitrogens with one attached hydrogen (secondary N) is 2. The van der Waals surface area contributed by atoms with Crippen LogP contribution in [-0.2, 0) is 16.0 Å². The van der Waals surface area contributed by atoms with Crippen LogP contribution >= 0.6 is 11.3 Å². The molecule has 7 heteroatoms. The van der Waals surface area contributed by atoms with E-state index < -0.39 is 0 Å². The Labute approximate surface area is 191 Å².